The van der Waals surface area contributed by atoms with Crippen LogP contribution in [0.1, 0.15) is 36.7 Å². The van der Waals surface area contributed by atoms with Crippen LogP contribution in [0.25, 0.3) is 0 Å². The quantitative estimate of drug-likeness (QED) is 0.794. The molecule has 0 aliphatic heterocycles. The SMILES string of the molecule is Cc1nn(C)c(C)c1CNC(=O)CCC(C)CN. The van der Waals surface area contributed by atoms with Crippen molar-refractivity contribution >= 4 is 5.91 Å². The maximum absolute atomic E-state index is 11.7. The summed E-state index contributed by atoms with van der Waals surface area (Å²) in [7, 11) is 1.91. The molecule has 1 aromatic heterocycles. The largest absolute Gasteiger partial charge is 0.352 e. The Bertz CT molecular complexity index is 411. The van der Waals surface area contributed by atoms with E-state index in [1.54, 1.807) is 0 Å². The van der Waals surface area contributed by atoms with Gasteiger partial charge in [0.1, 0.15) is 0 Å². The molecule has 0 radical (unpaired) electrons. The summed E-state index contributed by atoms with van der Waals surface area (Å²) in [6.45, 7) is 7.22. The fourth-order valence-electron chi connectivity index (χ4n) is 1.84. The third-order valence-electron chi connectivity index (χ3n) is 3.39. The molecule has 0 aliphatic rings. The van der Waals surface area contributed by atoms with E-state index in [1.807, 2.05) is 25.6 Å². The lowest BCUT2D eigenvalue weighted by molar-refractivity contribution is -0.121. The summed E-state index contributed by atoms with van der Waals surface area (Å²) in [6, 6.07) is 0. The molecule has 1 atom stereocenters. The van der Waals surface area contributed by atoms with E-state index in [0.29, 0.717) is 25.4 Å². The number of amides is 1. The molecule has 1 amide bonds. The first-order valence-electron chi connectivity index (χ1n) is 6.41. The summed E-state index contributed by atoms with van der Waals surface area (Å²) in [5, 5.41) is 7.27. The second-order valence-electron chi connectivity index (χ2n) is 4.93. The van der Waals surface area contributed by atoms with Gasteiger partial charge in [0.25, 0.3) is 0 Å². The van der Waals surface area contributed by atoms with Crippen LogP contribution in [0, 0.1) is 19.8 Å². The number of nitrogens with two attached hydrogens (primary N) is 1. The zero-order valence-electron chi connectivity index (χ0n) is 11.8. The molecule has 1 heterocycles. The highest BCUT2D eigenvalue weighted by atomic mass is 16.1. The Labute approximate surface area is 109 Å². The van der Waals surface area contributed by atoms with E-state index in [9.17, 15) is 4.79 Å². The van der Waals surface area contributed by atoms with Gasteiger partial charge in [-0.05, 0) is 32.7 Å². The number of carbonyl (C=O) groups is 1. The van der Waals surface area contributed by atoms with Gasteiger partial charge in [0.15, 0.2) is 0 Å². The van der Waals surface area contributed by atoms with Crippen LogP contribution in [0.15, 0.2) is 0 Å². The van der Waals surface area contributed by atoms with E-state index in [0.717, 1.165) is 23.4 Å². The lowest BCUT2D eigenvalue weighted by Gasteiger charge is -2.09. The number of aryl methyl sites for hydroxylation is 2. The van der Waals surface area contributed by atoms with E-state index in [2.05, 4.69) is 17.3 Å². The average molecular weight is 252 g/mol. The van der Waals surface area contributed by atoms with Gasteiger partial charge < -0.3 is 11.1 Å². The van der Waals surface area contributed by atoms with Gasteiger partial charge in [0, 0.05) is 31.3 Å². The smallest absolute Gasteiger partial charge is 0.220 e. The zero-order chi connectivity index (χ0) is 13.7. The Morgan fingerprint density at radius 3 is 2.67 bits per heavy atom. The molecule has 0 aliphatic carbocycles. The number of hydrogen-bond donors (Lipinski definition) is 2. The van der Waals surface area contributed by atoms with Crippen molar-refractivity contribution in [2.75, 3.05) is 6.54 Å². The Hall–Kier alpha value is -1.36. The van der Waals surface area contributed by atoms with Crippen LogP contribution in [0.3, 0.4) is 0 Å². The van der Waals surface area contributed by atoms with Crippen molar-refractivity contribution in [3.05, 3.63) is 17.0 Å². The van der Waals surface area contributed by atoms with Gasteiger partial charge in [-0.1, -0.05) is 6.92 Å². The average Bonchev–Trinajstić information content (AvgIpc) is 2.58. The van der Waals surface area contributed by atoms with Crippen molar-refractivity contribution in [3.8, 4) is 0 Å². The van der Waals surface area contributed by atoms with Gasteiger partial charge in [-0.3, -0.25) is 9.48 Å². The van der Waals surface area contributed by atoms with Gasteiger partial charge in [-0.15, -0.1) is 0 Å². The minimum Gasteiger partial charge on any atom is -0.352 e. The summed E-state index contributed by atoms with van der Waals surface area (Å²) in [6.07, 6.45) is 1.38. The van der Waals surface area contributed by atoms with Gasteiger partial charge in [-0.2, -0.15) is 5.10 Å². The summed E-state index contributed by atoms with van der Waals surface area (Å²) in [4.78, 5) is 11.7. The number of aromatic nitrogens is 2. The summed E-state index contributed by atoms with van der Waals surface area (Å²) >= 11 is 0. The highest BCUT2D eigenvalue weighted by Crippen LogP contribution is 2.11. The minimum atomic E-state index is 0.0814. The molecule has 0 fully saturated rings. The lowest BCUT2D eigenvalue weighted by atomic mass is 10.1. The van der Waals surface area contributed by atoms with Crippen molar-refractivity contribution in [2.24, 2.45) is 18.7 Å². The number of nitrogens with one attached hydrogen (secondary N) is 1. The zero-order valence-corrected chi connectivity index (χ0v) is 11.8. The first-order valence-corrected chi connectivity index (χ1v) is 6.41. The minimum absolute atomic E-state index is 0.0814. The first-order chi connectivity index (χ1) is 8.45. The van der Waals surface area contributed by atoms with Crippen molar-refractivity contribution in [2.45, 2.75) is 40.2 Å². The maximum atomic E-state index is 11.7. The molecule has 3 N–H and O–H groups in total. The highest BCUT2D eigenvalue weighted by Gasteiger charge is 2.11. The highest BCUT2D eigenvalue weighted by molar-refractivity contribution is 5.75. The third kappa shape index (κ3) is 3.84. The number of rotatable bonds is 6. The van der Waals surface area contributed by atoms with Gasteiger partial charge in [-0.25, -0.2) is 0 Å². The molecular formula is C13H24N4O. The lowest BCUT2D eigenvalue weighted by Crippen LogP contribution is -2.24. The standard InChI is InChI=1S/C13H24N4O/c1-9(7-14)5-6-13(18)15-8-12-10(2)16-17(4)11(12)3/h9H,5-8,14H2,1-4H3,(H,15,18). The predicted molar refractivity (Wildman–Crippen MR) is 72.0 cm³/mol. The molecule has 0 bridgehead atoms. The number of nitrogens with zero attached hydrogens (tertiary/aromatic N) is 2. The molecule has 18 heavy (non-hydrogen) atoms. The van der Waals surface area contributed by atoms with E-state index >= 15 is 0 Å². The molecule has 1 rings (SSSR count). The molecule has 0 aromatic carbocycles. The monoisotopic (exact) mass is 252 g/mol. The summed E-state index contributed by atoms with van der Waals surface area (Å²) in [5.74, 6) is 0.482. The molecule has 0 saturated heterocycles. The van der Waals surface area contributed by atoms with Crippen LogP contribution >= 0.6 is 0 Å². The Morgan fingerprint density at radius 1 is 1.50 bits per heavy atom. The maximum Gasteiger partial charge on any atom is 0.220 e. The number of carbonyl (C=O) groups excluding carboxylic acids is 1. The molecule has 0 saturated carbocycles. The second-order valence-corrected chi connectivity index (χ2v) is 4.93. The number of hydrogen-bond acceptors (Lipinski definition) is 3. The van der Waals surface area contributed by atoms with Crippen LogP contribution in [-0.4, -0.2) is 22.2 Å². The molecule has 5 heteroatoms. The molecule has 102 valence electrons. The van der Waals surface area contributed by atoms with E-state index < -0.39 is 0 Å². The van der Waals surface area contributed by atoms with Crippen molar-refractivity contribution in [1.82, 2.24) is 15.1 Å². The van der Waals surface area contributed by atoms with Gasteiger partial charge in [0.2, 0.25) is 5.91 Å². The van der Waals surface area contributed by atoms with E-state index in [1.165, 1.54) is 0 Å². The van der Waals surface area contributed by atoms with Crippen molar-refractivity contribution in [1.29, 1.82) is 0 Å². The molecule has 0 spiro atoms. The summed E-state index contributed by atoms with van der Waals surface area (Å²) < 4.78 is 1.84. The normalized spacial score (nSPS) is 12.5. The molecule has 1 aromatic rings. The Balaban J connectivity index is 2.43. The molecule has 1 unspecified atom stereocenters. The Morgan fingerprint density at radius 2 is 2.17 bits per heavy atom. The Kier molecular flexibility index (Phi) is 5.34. The first kappa shape index (κ1) is 14.7. The van der Waals surface area contributed by atoms with Crippen LogP contribution in [0.5, 0.6) is 0 Å². The van der Waals surface area contributed by atoms with Crippen molar-refractivity contribution < 1.29 is 4.79 Å². The van der Waals surface area contributed by atoms with Crippen LogP contribution in [0.4, 0.5) is 0 Å². The predicted octanol–water partition coefficient (Wildman–Crippen LogP) is 1.03. The molecule has 5 nitrogen and oxygen atoms in total. The van der Waals surface area contributed by atoms with E-state index in [-0.39, 0.29) is 5.91 Å². The van der Waals surface area contributed by atoms with Crippen LogP contribution in [-0.2, 0) is 18.4 Å². The second kappa shape index (κ2) is 6.54. The van der Waals surface area contributed by atoms with Gasteiger partial charge >= 0.3 is 0 Å². The summed E-state index contributed by atoms with van der Waals surface area (Å²) in [5.41, 5.74) is 8.71. The van der Waals surface area contributed by atoms with Crippen LogP contribution < -0.4 is 11.1 Å². The third-order valence-corrected chi connectivity index (χ3v) is 3.39. The fourth-order valence-corrected chi connectivity index (χ4v) is 1.84. The van der Waals surface area contributed by atoms with E-state index in [4.69, 9.17) is 5.73 Å². The fraction of sp³-hybridized carbons (Fsp3) is 0.692. The molecular weight excluding hydrogens is 228 g/mol. The topological polar surface area (TPSA) is 72.9 Å². The van der Waals surface area contributed by atoms with Crippen LogP contribution in [0.2, 0.25) is 0 Å². The van der Waals surface area contributed by atoms with Gasteiger partial charge in [0.05, 0.1) is 5.69 Å². The van der Waals surface area contributed by atoms with Crippen molar-refractivity contribution in [3.63, 3.8) is 0 Å².